The Bertz CT molecular complexity index is 752. The van der Waals surface area contributed by atoms with Crippen molar-refractivity contribution in [3.05, 3.63) is 42.1 Å². The molecule has 0 unspecified atom stereocenters. The van der Waals surface area contributed by atoms with Gasteiger partial charge < -0.3 is 4.90 Å². The van der Waals surface area contributed by atoms with E-state index in [0.717, 1.165) is 22.9 Å². The van der Waals surface area contributed by atoms with Gasteiger partial charge in [0.05, 0.1) is 5.52 Å². The van der Waals surface area contributed by atoms with Crippen LogP contribution in [0.3, 0.4) is 0 Å². The number of aliphatic imine (C=N–C) groups is 1. The van der Waals surface area contributed by atoms with Crippen molar-refractivity contribution in [2.45, 2.75) is 31.7 Å². The topological polar surface area (TPSA) is 62.6 Å². The Morgan fingerprint density at radius 2 is 2.13 bits per heavy atom. The summed E-state index contributed by atoms with van der Waals surface area (Å²) in [5, 5.41) is 1.07. The maximum Gasteiger partial charge on any atom is 0.267 e. The van der Waals surface area contributed by atoms with Crippen LogP contribution in [0.15, 0.2) is 41.5 Å². The molecule has 1 saturated heterocycles. The molecule has 1 fully saturated rings. The lowest BCUT2D eigenvalue weighted by molar-refractivity contribution is -0.137. The zero-order valence-corrected chi connectivity index (χ0v) is 12.9. The molecule has 0 N–H and O–H groups in total. The smallest absolute Gasteiger partial charge is 0.267 e. The standard InChI is InChI=1S/C18H19N3O2/c1-19-18(23)16-7-4-12-21(16)17(22)9-8-13-10-11-20-15-6-3-2-5-14(13)15/h2-3,5-6,10-11,16H,1,4,7-9,12H2/t16-/m0/s1. The van der Waals surface area contributed by atoms with Gasteiger partial charge in [0, 0.05) is 24.5 Å². The molecule has 2 aromatic rings. The average molecular weight is 309 g/mol. The highest BCUT2D eigenvalue weighted by Gasteiger charge is 2.33. The molecule has 2 amide bonds. The van der Waals surface area contributed by atoms with Crippen molar-refractivity contribution >= 4 is 29.4 Å². The van der Waals surface area contributed by atoms with Crippen molar-refractivity contribution < 1.29 is 9.59 Å². The molecule has 3 rings (SSSR count). The highest BCUT2D eigenvalue weighted by molar-refractivity contribution is 5.91. The molecule has 23 heavy (non-hydrogen) atoms. The number of aryl methyl sites for hydroxylation is 1. The minimum atomic E-state index is -0.422. The summed E-state index contributed by atoms with van der Waals surface area (Å²) >= 11 is 0. The number of para-hydroxylation sites is 1. The third-order valence-electron chi connectivity index (χ3n) is 4.36. The van der Waals surface area contributed by atoms with E-state index in [-0.39, 0.29) is 11.8 Å². The number of aromatic nitrogens is 1. The maximum atomic E-state index is 12.5. The molecule has 0 radical (unpaired) electrons. The summed E-state index contributed by atoms with van der Waals surface area (Å²) in [5.74, 6) is -0.296. The van der Waals surface area contributed by atoms with Gasteiger partial charge >= 0.3 is 0 Å². The van der Waals surface area contributed by atoms with E-state index in [9.17, 15) is 9.59 Å². The zero-order valence-electron chi connectivity index (χ0n) is 12.9. The molecule has 1 aliphatic rings. The Kier molecular flexibility index (Phi) is 4.46. The van der Waals surface area contributed by atoms with E-state index in [4.69, 9.17) is 0 Å². The van der Waals surface area contributed by atoms with Gasteiger partial charge in [-0.05, 0) is 43.7 Å². The third-order valence-corrected chi connectivity index (χ3v) is 4.36. The van der Waals surface area contributed by atoms with Gasteiger partial charge in [-0.3, -0.25) is 14.6 Å². The molecule has 5 nitrogen and oxygen atoms in total. The van der Waals surface area contributed by atoms with Crippen LogP contribution in [0.5, 0.6) is 0 Å². The van der Waals surface area contributed by atoms with Gasteiger partial charge in [0.2, 0.25) is 5.91 Å². The fraction of sp³-hybridized carbons (Fsp3) is 0.333. The van der Waals surface area contributed by atoms with Crippen molar-refractivity contribution in [3.8, 4) is 0 Å². The molecular weight excluding hydrogens is 290 g/mol. The SMILES string of the molecule is C=NC(=O)[C@@H]1CCCN1C(=O)CCc1ccnc2ccccc12. The summed E-state index contributed by atoms with van der Waals surface area (Å²) in [5.41, 5.74) is 2.04. The van der Waals surface area contributed by atoms with Crippen LogP contribution >= 0.6 is 0 Å². The molecule has 0 spiro atoms. The number of carbonyl (C=O) groups is 2. The number of hydrogen-bond acceptors (Lipinski definition) is 3. The van der Waals surface area contributed by atoms with E-state index in [2.05, 4.69) is 16.7 Å². The first kappa shape index (κ1) is 15.3. The summed E-state index contributed by atoms with van der Waals surface area (Å²) in [6, 6.07) is 9.44. The molecule has 2 heterocycles. The van der Waals surface area contributed by atoms with E-state index in [1.165, 1.54) is 0 Å². The van der Waals surface area contributed by atoms with Crippen LogP contribution in [0.4, 0.5) is 0 Å². The second kappa shape index (κ2) is 6.69. The Balaban J connectivity index is 1.71. The molecule has 1 aromatic carbocycles. The quantitative estimate of drug-likeness (QED) is 0.815. The van der Waals surface area contributed by atoms with Crippen LogP contribution in [0.1, 0.15) is 24.8 Å². The van der Waals surface area contributed by atoms with Crippen molar-refractivity contribution in [2.75, 3.05) is 6.54 Å². The molecule has 0 aliphatic carbocycles. The van der Waals surface area contributed by atoms with Crippen LogP contribution in [0.2, 0.25) is 0 Å². The van der Waals surface area contributed by atoms with E-state index in [1.807, 2.05) is 30.3 Å². The molecule has 1 atom stereocenters. The Morgan fingerprint density at radius 3 is 2.96 bits per heavy atom. The maximum absolute atomic E-state index is 12.5. The van der Waals surface area contributed by atoms with E-state index in [1.54, 1.807) is 11.1 Å². The van der Waals surface area contributed by atoms with Gasteiger partial charge in [-0.2, -0.15) is 0 Å². The van der Waals surface area contributed by atoms with Crippen LogP contribution in [0.25, 0.3) is 10.9 Å². The van der Waals surface area contributed by atoms with Crippen molar-refractivity contribution in [1.29, 1.82) is 0 Å². The summed E-state index contributed by atoms with van der Waals surface area (Å²) < 4.78 is 0. The van der Waals surface area contributed by atoms with Gasteiger partial charge in [-0.1, -0.05) is 18.2 Å². The summed E-state index contributed by atoms with van der Waals surface area (Å²) in [6.45, 7) is 3.91. The number of pyridine rings is 1. The molecule has 0 bridgehead atoms. The summed E-state index contributed by atoms with van der Waals surface area (Å²) in [6.07, 6.45) is 4.32. The number of rotatable bonds is 4. The van der Waals surface area contributed by atoms with E-state index in [0.29, 0.717) is 25.8 Å². The fourth-order valence-corrected chi connectivity index (χ4v) is 3.19. The Morgan fingerprint density at radius 1 is 1.30 bits per heavy atom. The molecule has 1 aromatic heterocycles. The van der Waals surface area contributed by atoms with E-state index >= 15 is 0 Å². The number of likely N-dealkylation sites (tertiary alicyclic amines) is 1. The van der Waals surface area contributed by atoms with Gasteiger partial charge in [0.15, 0.2) is 0 Å². The molecule has 0 saturated carbocycles. The van der Waals surface area contributed by atoms with Crippen molar-refractivity contribution in [1.82, 2.24) is 9.88 Å². The highest BCUT2D eigenvalue weighted by Crippen LogP contribution is 2.22. The number of nitrogens with zero attached hydrogens (tertiary/aromatic N) is 3. The highest BCUT2D eigenvalue weighted by atomic mass is 16.2. The fourth-order valence-electron chi connectivity index (χ4n) is 3.19. The first-order valence-corrected chi connectivity index (χ1v) is 7.83. The first-order chi connectivity index (χ1) is 11.2. The van der Waals surface area contributed by atoms with Crippen LogP contribution in [-0.2, 0) is 16.0 Å². The lowest BCUT2D eigenvalue weighted by atomic mass is 10.0. The molecule has 5 heteroatoms. The summed E-state index contributed by atoms with van der Waals surface area (Å²) in [4.78, 5) is 33.7. The predicted molar refractivity (Wildman–Crippen MR) is 89.4 cm³/mol. The molecular formula is C18H19N3O2. The Labute approximate surface area is 135 Å². The average Bonchev–Trinajstić information content (AvgIpc) is 3.08. The number of carbonyl (C=O) groups excluding carboxylic acids is 2. The molecule has 118 valence electrons. The number of hydrogen-bond donors (Lipinski definition) is 0. The van der Waals surface area contributed by atoms with Crippen LogP contribution in [-0.4, -0.2) is 41.0 Å². The largest absolute Gasteiger partial charge is 0.331 e. The van der Waals surface area contributed by atoms with Crippen LogP contribution in [0, 0.1) is 0 Å². The molecule has 1 aliphatic heterocycles. The van der Waals surface area contributed by atoms with Crippen molar-refractivity contribution in [3.63, 3.8) is 0 Å². The summed E-state index contributed by atoms with van der Waals surface area (Å²) in [7, 11) is 0. The minimum absolute atomic E-state index is 0.00499. The lowest BCUT2D eigenvalue weighted by Crippen LogP contribution is -2.39. The monoisotopic (exact) mass is 309 g/mol. The second-order valence-corrected chi connectivity index (χ2v) is 5.73. The minimum Gasteiger partial charge on any atom is -0.331 e. The Hall–Kier alpha value is -2.56. The lowest BCUT2D eigenvalue weighted by Gasteiger charge is -2.22. The first-order valence-electron chi connectivity index (χ1n) is 7.83. The number of fused-ring (bicyclic) bond motifs is 1. The third kappa shape index (κ3) is 3.13. The zero-order chi connectivity index (χ0) is 16.2. The van der Waals surface area contributed by atoms with Crippen molar-refractivity contribution in [2.24, 2.45) is 4.99 Å². The predicted octanol–water partition coefficient (Wildman–Crippen LogP) is 2.39. The number of benzene rings is 1. The van der Waals surface area contributed by atoms with Gasteiger partial charge in [0.1, 0.15) is 6.04 Å². The van der Waals surface area contributed by atoms with E-state index < -0.39 is 6.04 Å². The van der Waals surface area contributed by atoms with Gasteiger partial charge in [-0.25, -0.2) is 4.99 Å². The van der Waals surface area contributed by atoms with Gasteiger partial charge in [-0.15, -0.1) is 0 Å². The second-order valence-electron chi connectivity index (χ2n) is 5.73. The number of amides is 2. The normalized spacial score (nSPS) is 17.4. The van der Waals surface area contributed by atoms with Gasteiger partial charge in [0.25, 0.3) is 5.91 Å². The van der Waals surface area contributed by atoms with Crippen LogP contribution < -0.4 is 0 Å².